The molecular formula is C8H6N2O7. The van der Waals surface area contributed by atoms with Crippen molar-refractivity contribution in [3.05, 3.63) is 37.9 Å². The topological polar surface area (TPSA) is 133 Å². The molecule has 1 rings (SSSR count). The van der Waals surface area contributed by atoms with Gasteiger partial charge in [0, 0.05) is 12.1 Å². The number of hydrogen-bond acceptors (Lipinski definition) is 7. The van der Waals surface area contributed by atoms with Crippen LogP contribution in [0.2, 0.25) is 0 Å². The lowest BCUT2D eigenvalue weighted by Gasteiger charge is -2.01. The van der Waals surface area contributed by atoms with Crippen LogP contribution in [0.15, 0.2) is 12.1 Å². The Hall–Kier alpha value is -2.71. The Labute approximate surface area is 93.5 Å². The predicted octanol–water partition coefficient (Wildman–Crippen LogP) is 0.995. The minimum absolute atomic E-state index is 0.385. The van der Waals surface area contributed by atoms with E-state index in [1.807, 2.05) is 0 Å². The molecule has 17 heavy (non-hydrogen) atoms. The summed E-state index contributed by atoms with van der Waals surface area (Å²) in [6, 6.07) is 1.41. The summed E-state index contributed by atoms with van der Waals surface area (Å²) in [4.78, 5) is 30.1. The molecular weight excluding hydrogens is 236 g/mol. The van der Waals surface area contributed by atoms with Crippen molar-refractivity contribution in [3.63, 3.8) is 0 Å². The Morgan fingerprint density at radius 3 is 1.94 bits per heavy atom. The Balaban J connectivity index is 3.52. The number of nitro benzene ring substituents is 2. The third-order valence-corrected chi connectivity index (χ3v) is 1.88. The number of benzene rings is 1. The van der Waals surface area contributed by atoms with Crippen LogP contribution < -0.4 is 0 Å². The lowest BCUT2D eigenvalue weighted by Crippen LogP contribution is -2.04. The molecule has 0 fully saturated rings. The SMILES string of the molecule is COC(=O)c1cc([N+](=O)[O-])c(O)c([N+](=O)[O-])c1. The van der Waals surface area contributed by atoms with Gasteiger partial charge >= 0.3 is 17.3 Å². The number of carbonyl (C=O) groups excluding carboxylic acids is 1. The second-order valence-corrected chi connectivity index (χ2v) is 2.87. The van der Waals surface area contributed by atoms with Crippen LogP contribution in [0.1, 0.15) is 10.4 Å². The molecule has 0 saturated carbocycles. The van der Waals surface area contributed by atoms with E-state index < -0.39 is 32.9 Å². The van der Waals surface area contributed by atoms with E-state index in [4.69, 9.17) is 0 Å². The minimum atomic E-state index is -1.10. The molecule has 0 unspecified atom stereocenters. The lowest BCUT2D eigenvalue weighted by molar-refractivity contribution is -0.396. The number of rotatable bonds is 3. The number of phenolic OH excluding ortho intramolecular Hbond substituents is 1. The quantitative estimate of drug-likeness (QED) is 0.474. The maximum atomic E-state index is 11.1. The summed E-state index contributed by atoms with van der Waals surface area (Å²) < 4.78 is 4.28. The van der Waals surface area contributed by atoms with Crippen LogP contribution in [-0.4, -0.2) is 28.0 Å². The van der Waals surface area contributed by atoms with Gasteiger partial charge in [-0.25, -0.2) is 4.79 Å². The van der Waals surface area contributed by atoms with Crippen LogP contribution >= 0.6 is 0 Å². The van der Waals surface area contributed by atoms with Gasteiger partial charge in [-0.2, -0.15) is 0 Å². The monoisotopic (exact) mass is 242 g/mol. The van der Waals surface area contributed by atoms with Crippen LogP contribution in [0.4, 0.5) is 11.4 Å². The van der Waals surface area contributed by atoms with E-state index in [-0.39, 0.29) is 5.56 Å². The molecule has 0 amide bonds. The Kier molecular flexibility index (Phi) is 3.22. The number of phenols is 1. The van der Waals surface area contributed by atoms with Crippen molar-refractivity contribution in [2.24, 2.45) is 0 Å². The smallest absolute Gasteiger partial charge is 0.338 e. The third-order valence-electron chi connectivity index (χ3n) is 1.88. The summed E-state index contributed by atoms with van der Waals surface area (Å²) in [6.45, 7) is 0. The van der Waals surface area contributed by atoms with Gasteiger partial charge in [0.15, 0.2) is 0 Å². The first kappa shape index (κ1) is 12.4. The highest BCUT2D eigenvalue weighted by Gasteiger charge is 2.28. The van der Waals surface area contributed by atoms with Gasteiger partial charge in [0.05, 0.1) is 22.5 Å². The van der Waals surface area contributed by atoms with E-state index in [1.54, 1.807) is 0 Å². The van der Waals surface area contributed by atoms with Crippen LogP contribution in [0.25, 0.3) is 0 Å². The summed E-state index contributed by atoms with van der Waals surface area (Å²) in [5.74, 6) is -2.08. The van der Waals surface area contributed by atoms with E-state index in [9.17, 15) is 30.1 Å². The van der Waals surface area contributed by atoms with E-state index in [0.29, 0.717) is 12.1 Å². The number of ether oxygens (including phenoxy) is 1. The molecule has 0 aliphatic rings. The van der Waals surface area contributed by atoms with Gasteiger partial charge < -0.3 is 9.84 Å². The first-order valence-electron chi connectivity index (χ1n) is 4.12. The first-order chi connectivity index (χ1) is 7.88. The second-order valence-electron chi connectivity index (χ2n) is 2.87. The summed E-state index contributed by atoms with van der Waals surface area (Å²) in [5.41, 5.74) is -2.25. The Morgan fingerprint density at radius 2 is 1.65 bits per heavy atom. The van der Waals surface area contributed by atoms with Crippen LogP contribution in [-0.2, 0) is 4.74 Å². The zero-order chi connectivity index (χ0) is 13.2. The van der Waals surface area contributed by atoms with Gasteiger partial charge in [-0.3, -0.25) is 20.2 Å². The van der Waals surface area contributed by atoms with Crippen LogP contribution in [0, 0.1) is 20.2 Å². The highest BCUT2D eigenvalue weighted by atomic mass is 16.6. The van der Waals surface area contributed by atoms with Gasteiger partial charge in [0.25, 0.3) is 5.75 Å². The summed E-state index contributed by atoms with van der Waals surface area (Å²) in [5, 5.41) is 30.3. The Bertz CT molecular complexity index is 476. The number of hydrogen-bond donors (Lipinski definition) is 1. The average Bonchev–Trinajstić information content (AvgIpc) is 2.27. The Morgan fingerprint density at radius 1 is 1.24 bits per heavy atom. The van der Waals surface area contributed by atoms with Crippen LogP contribution in [0.3, 0.4) is 0 Å². The normalized spacial score (nSPS) is 9.71. The number of carbonyl (C=O) groups is 1. The van der Waals surface area contributed by atoms with Crippen molar-refractivity contribution < 1.29 is 24.5 Å². The molecule has 0 aromatic heterocycles. The van der Waals surface area contributed by atoms with Crippen molar-refractivity contribution >= 4 is 17.3 Å². The van der Waals surface area contributed by atoms with Crippen molar-refractivity contribution in [2.75, 3.05) is 7.11 Å². The van der Waals surface area contributed by atoms with Gasteiger partial charge in [-0.05, 0) is 0 Å². The maximum Gasteiger partial charge on any atom is 0.338 e. The van der Waals surface area contributed by atoms with Crippen molar-refractivity contribution in [1.29, 1.82) is 0 Å². The van der Waals surface area contributed by atoms with Gasteiger partial charge in [-0.1, -0.05) is 0 Å². The molecule has 0 aliphatic carbocycles. The maximum absolute atomic E-state index is 11.1. The van der Waals surface area contributed by atoms with Crippen molar-refractivity contribution in [1.82, 2.24) is 0 Å². The summed E-state index contributed by atoms with van der Waals surface area (Å²) in [6.07, 6.45) is 0. The van der Waals surface area contributed by atoms with Gasteiger partial charge in [0.2, 0.25) is 0 Å². The lowest BCUT2D eigenvalue weighted by atomic mass is 10.1. The first-order valence-corrected chi connectivity index (χ1v) is 4.12. The van der Waals surface area contributed by atoms with E-state index in [1.165, 1.54) is 0 Å². The summed E-state index contributed by atoms with van der Waals surface area (Å²) >= 11 is 0. The highest BCUT2D eigenvalue weighted by Crippen LogP contribution is 2.36. The van der Waals surface area contributed by atoms with Crippen molar-refractivity contribution in [2.45, 2.75) is 0 Å². The fourth-order valence-electron chi connectivity index (χ4n) is 1.12. The molecule has 1 aromatic rings. The third kappa shape index (κ3) is 2.27. The molecule has 0 saturated heterocycles. The molecule has 0 bridgehead atoms. The minimum Gasteiger partial charge on any atom is -0.497 e. The molecule has 0 radical (unpaired) electrons. The molecule has 9 heteroatoms. The van der Waals surface area contributed by atoms with Crippen LogP contribution in [0.5, 0.6) is 5.75 Å². The highest BCUT2D eigenvalue weighted by molar-refractivity contribution is 5.92. The number of nitrogens with zero attached hydrogens (tertiary/aromatic N) is 2. The fourth-order valence-corrected chi connectivity index (χ4v) is 1.12. The molecule has 1 N–H and O–H groups in total. The van der Waals surface area contributed by atoms with E-state index >= 15 is 0 Å². The van der Waals surface area contributed by atoms with Gasteiger partial charge in [-0.15, -0.1) is 0 Å². The molecule has 0 aliphatic heterocycles. The zero-order valence-corrected chi connectivity index (χ0v) is 8.45. The molecule has 0 heterocycles. The van der Waals surface area contributed by atoms with E-state index in [2.05, 4.69) is 4.74 Å². The fraction of sp³-hybridized carbons (Fsp3) is 0.125. The zero-order valence-electron chi connectivity index (χ0n) is 8.45. The second kappa shape index (κ2) is 4.43. The number of esters is 1. The van der Waals surface area contributed by atoms with E-state index in [0.717, 1.165) is 7.11 Å². The standard InChI is InChI=1S/C8H6N2O7/c1-17-8(12)4-2-5(9(13)14)7(11)6(3-4)10(15)16/h2-3,11H,1H3. The largest absolute Gasteiger partial charge is 0.497 e. The van der Waals surface area contributed by atoms with Gasteiger partial charge in [0.1, 0.15) is 0 Å². The van der Waals surface area contributed by atoms with Crippen molar-refractivity contribution in [3.8, 4) is 5.75 Å². The average molecular weight is 242 g/mol. The molecule has 1 aromatic carbocycles. The number of nitro groups is 2. The molecule has 0 atom stereocenters. The molecule has 0 spiro atoms. The number of methoxy groups -OCH3 is 1. The molecule has 9 nitrogen and oxygen atoms in total. The number of aromatic hydroxyl groups is 1. The predicted molar refractivity (Wildman–Crippen MR) is 52.8 cm³/mol. The molecule has 90 valence electrons. The summed E-state index contributed by atoms with van der Waals surface area (Å²) in [7, 11) is 1.02.